The summed E-state index contributed by atoms with van der Waals surface area (Å²) in [4.78, 5) is 60.5. The molecule has 3 saturated heterocycles. The Kier molecular flexibility index (Phi) is 11.9. The van der Waals surface area contributed by atoms with Gasteiger partial charge in [-0.15, -0.1) is 0 Å². The van der Waals surface area contributed by atoms with E-state index >= 15 is 0 Å². The molecule has 14 nitrogen and oxygen atoms in total. The maximum atomic E-state index is 13.3. The number of nitrogens with zero attached hydrogens (tertiary/aromatic N) is 4. The minimum Gasteiger partial charge on any atom is -0.457 e. The Morgan fingerprint density at radius 3 is 2.22 bits per heavy atom. The molecule has 59 heavy (non-hydrogen) atoms. The highest BCUT2D eigenvalue weighted by atomic mass is 16.5. The number of nitrogens with two attached hydrogens (primary N) is 2. The van der Waals surface area contributed by atoms with Gasteiger partial charge in [-0.05, 0) is 123 Å². The van der Waals surface area contributed by atoms with Crippen molar-refractivity contribution in [2.45, 2.75) is 69.9 Å². The number of primary amides is 1. The van der Waals surface area contributed by atoms with Crippen molar-refractivity contribution in [2.24, 2.45) is 27.8 Å². The lowest BCUT2D eigenvalue weighted by molar-refractivity contribution is -0.134. The van der Waals surface area contributed by atoms with Crippen molar-refractivity contribution < 1.29 is 23.9 Å². The molecule has 4 heterocycles. The van der Waals surface area contributed by atoms with Crippen LogP contribution in [0, 0.1) is 11.3 Å². The number of ether oxygens (including phenoxy) is 1. The fourth-order valence-corrected chi connectivity index (χ4v) is 9.46. The zero-order valence-electron chi connectivity index (χ0n) is 33.5. The summed E-state index contributed by atoms with van der Waals surface area (Å²) in [5.74, 6) is 1.50. The van der Waals surface area contributed by atoms with Crippen LogP contribution in [0.15, 0.2) is 89.4 Å². The lowest BCUT2D eigenvalue weighted by atomic mass is 9.67. The number of carbonyl (C=O) groups is 4. The third-order valence-corrected chi connectivity index (χ3v) is 12.8. The highest BCUT2D eigenvalue weighted by Crippen LogP contribution is 2.44. The third kappa shape index (κ3) is 9.38. The zero-order valence-corrected chi connectivity index (χ0v) is 33.5. The van der Waals surface area contributed by atoms with E-state index < -0.39 is 5.91 Å². The SMILES string of the molecule is NC(=O)C(C1=NCC[C@@H](C2CCN(C(=O)CCN3CC4(CCC(Nc5ccc(N6CCC(=O)NC6=O)cc5)CC4)C3)CC2)N1)=C(N)c1ccc(Oc2ccccc2)cc1. The van der Waals surface area contributed by atoms with Crippen LogP contribution < -0.4 is 37.1 Å². The summed E-state index contributed by atoms with van der Waals surface area (Å²) in [6.07, 6.45) is 8.01. The molecule has 3 aromatic rings. The van der Waals surface area contributed by atoms with Crippen LogP contribution in [0.1, 0.15) is 63.4 Å². The number of likely N-dealkylation sites (tertiary alicyclic amines) is 2. The van der Waals surface area contributed by atoms with Gasteiger partial charge in [0.25, 0.3) is 5.91 Å². The number of carbonyl (C=O) groups excluding carboxylic acids is 4. The highest BCUT2D eigenvalue weighted by Gasteiger charge is 2.45. The average molecular weight is 802 g/mol. The number of rotatable bonds is 12. The van der Waals surface area contributed by atoms with Gasteiger partial charge in [0, 0.05) is 82.1 Å². The first-order valence-electron chi connectivity index (χ1n) is 21.0. The number of piperidine rings is 1. The number of urea groups is 1. The number of benzene rings is 3. The number of anilines is 2. The average Bonchev–Trinajstić information content (AvgIpc) is 3.24. The lowest BCUT2D eigenvalue weighted by Gasteiger charge is -2.54. The first kappa shape index (κ1) is 39.9. The van der Waals surface area contributed by atoms with E-state index in [1.165, 1.54) is 12.8 Å². The molecule has 0 unspecified atom stereocenters. The van der Waals surface area contributed by atoms with Crippen LogP contribution in [0.4, 0.5) is 16.2 Å². The van der Waals surface area contributed by atoms with E-state index in [1.807, 2.05) is 83.8 Å². The van der Waals surface area contributed by atoms with Crippen LogP contribution in [0.2, 0.25) is 0 Å². The fourth-order valence-electron chi connectivity index (χ4n) is 9.46. The van der Waals surface area contributed by atoms with Gasteiger partial charge >= 0.3 is 6.03 Å². The van der Waals surface area contributed by atoms with Gasteiger partial charge in [-0.2, -0.15) is 0 Å². The van der Waals surface area contributed by atoms with E-state index in [0.29, 0.717) is 60.5 Å². The fraction of sp³-hybridized carbons (Fsp3) is 0.444. The molecular formula is C45H55N9O5. The molecule has 14 heteroatoms. The molecule has 4 aliphatic heterocycles. The van der Waals surface area contributed by atoms with Gasteiger partial charge < -0.3 is 36.6 Å². The topological polar surface area (TPSA) is 188 Å². The Balaban J connectivity index is 0.747. The second-order valence-corrected chi connectivity index (χ2v) is 16.8. The van der Waals surface area contributed by atoms with Crippen LogP contribution in [0.25, 0.3) is 5.70 Å². The Morgan fingerprint density at radius 1 is 0.847 bits per heavy atom. The van der Waals surface area contributed by atoms with Crippen molar-refractivity contribution in [3.63, 3.8) is 0 Å². The predicted octanol–water partition coefficient (Wildman–Crippen LogP) is 4.83. The Hall–Kier alpha value is -5.89. The second kappa shape index (κ2) is 17.5. The molecule has 0 aromatic heterocycles. The first-order valence-corrected chi connectivity index (χ1v) is 21.0. The molecule has 0 radical (unpaired) electrons. The van der Waals surface area contributed by atoms with Crippen molar-refractivity contribution >= 4 is 46.7 Å². The summed E-state index contributed by atoms with van der Waals surface area (Å²) < 4.78 is 5.90. The lowest BCUT2D eigenvalue weighted by Crippen LogP contribution is -2.58. The van der Waals surface area contributed by atoms with Crippen LogP contribution in [0.5, 0.6) is 11.5 Å². The number of para-hydroxylation sites is 1. The van der Waals surface area contributed by atoms with E-state index in [0.717, 1.165) is 82.0 Å². The Labute approximate surface area is 345 Å². The van der Waals surface area contributed by atoms with E-state index in [2.05, 4.69) is 25.8 Å². The predicted molar refractivity (Wildman–Crippen MR) is 228 cm³/mol. The van der Waals surface area contributed by atoms with E-state index in [-0.39, 0.29) is 35.2 Å². The number of amidine groups is 1. The molecule has 3 aromatic carbocycles. The monoisotopic (exact) mass is 801 g/mol. The molecule has 0 bridgehead atoms. The van der Waals surface area contributed by atoms with Crippen molar-refractivity contribution in [1.82, 2.24) is 20.4 Å². The Morgan fingerprint density at radius 2 is 1.54 bits per heavy atom. The molecule has 1 atom stereocenters. The Bertz CT molecular complexity index is 2060. The molecule has 5 amide bonds. The number of hydrogen-bond donors (Lipinski definition) is 5. The number of hydrogen-bond acceptors (Lipinski definition) is 10. The first-order chi connectivity index (χ1) is 28.6. The van der Waals surface area contributed by atoms with Crippen LogP contribution in [-0.4, -0.2) is 97.3 Å². The van der Waals surface area contributed by atoms with Crippen molar-refractivity contribution in [1.29, 1.82) is 0 Å². The molecule has 4 fully saturated rings. The molecule has 1 aliphatic carbocycles. The van der Waals surface area contributed by atoms with Crippen LogP contribution in [-0.2, 0) is 14.4 Å². The molecule has 8 rings (SSSR count). The van der Waals surface area contributed by atoms with Gasteiger partial charge in [0.05, 0.1) is 5.70 Å². The third-order valence-electron chi connectivity index (χ3n) is 12.8. The number of aliphatic imine (C=N–C) groups is 1. The summed E-state index contributed by atoms with van der Waals surface area (Å²) >= 11 is 0. The van der Waals surface area contributed by atoms with Gasteiger partial charge in [-0.3, -0.25) is 29.6 Å². The quantitative estimate of drug-likeness (QED) is 0.160. The summed E-state index contributed by atoms with van der Waals surface area (Å²) in [7, 11) is 0. The zero-order chi connectivity index (χ0) is 40.9. The van der Waals surface area contributed by atoms with Crippen LogP contribution >= 0.6 is 0 Å². The second-order valence-electron chi connectivity index (χ2n) is 16.8. The molecule has 7 N–H and O–H groups in total. The normalized spacial score (nSPS) is 21.8. The van der Waals surface area contributed by atoms with Gasteiger partial charge in [-0.25, -0.2) is 4.79 Å². The van der Waals surface area contributed by atoms with Gasteiger partial charge in [-0.1, -0.05) is 18.2 Å². The largest absolute Gasteiger partial charge is 0.457 e. The molecule has 310 valence electrons. The summed E-state index contributed by atoms with van der Waals surface area (Å²) in [6, 6.07) is 24.8. The summed E-state index contributed by atoms with van der Waals surface area (Å²) in [6.45, 7) is 5.32. The highest BCUT2D eigenvalue weighted by molar-refractivity contribution is 6.25. The van der Waals surface area contributed by atoms with E-state index in [4.69, 9.17) is 16.2 Å². The standard InChI is InChI=1S/C45H55N9O5/c46-41(31-6-12-36(13-7-31)59-35-4-2-1-3-5-35)40(42(47)57)43-48-23-16-37(50-43)30-17-25-53(26-18-30)39(56)20-24-52-28-45(29-52)21-14-33(15-22-45)49-32-8-10-34(11-9-32)54-27-19-38(55)51-44(54)58/h1-13,30,33,37,49H,14-29,46H2,(H2,47,57)(H,48,50)(H,51,55,58)/t37-/m0/s1. The van der Waals surface area contributed by atoms with E-state index in [1.54, 1.807) is 4.90 Å². The minimum absolute atomic E-state index is 0.106. The summed E-state index contributed by atoms with van der Waals surface area (Å²) in [5.41, 5.74) is 15.7. The maximum Gasteiger partial charge on any atom is 0.328 e. The van der Waals surface area contributed by atoms with E-state index in [9.17, 15) is 19.2 Å². The van der Waals surface area contributed by atoms with Gasteiger partial charge in [0.2, 0.25) is 11.8 Å². The molecule has 1 spiro atoms. The minimum atomic E-state index is -0.635. The number of imide groups is 1. The molecule has 1 saturated carbocycles. The van der Waals surface area contributed by atoms with Crippen LogP contribution in [0.3, 0.4) is 0 Å². The van der Waals surface area contributed by atoms with Crippen molar-refractivity contribution in [3.8, 4) is 11.5 Å². The van der Waals surface area contributed by atoms with Gasteiger partial charge in [0.1, 0.15) is 22.9 Å². The van der Waals surface area contributed by atoms with Crippen molar-refractivity contribution in [2.75, 3.05) is 56.0 Å². The summed E-state index contributed by atoms with van der Waals surface area (Å²) in [5, 5.41) is 9.56. The molecule has 5 aliphatic rings. The van der Waals surface area contributed by atoms with Gasteiger partial charge in [0.15, 0.2) is 0 Å². The number of amides is 5. The maximum absolute atomic E-state index is 13.3. The number of nitrogens with one attached hydrogen (secondary N) is 3. The van der Waals surface area contributed by atoms with Crippen molar-refractivity contribution in [3.05, 3.63) is 90.0 Å². The smallest absolute Gasteiger partial charge is 0.328 e. The molecular weight excluding hydrogens is 747 g/mol.